The molecule has 132 valence electrons. The Hall–Kier alpha value is -1.56. The molecule has 0 aliphatic heterocycles. The standard InChI is InChI=1S/C19H21ClN2OS2/c1-2-3-4-14-5-9-16(10-6-14)21-19(24)22-18(23)13-25-17-11-7-15(20)8-12-17/h5-12H,2-4,13H2,1H3,(H2,21,22,23,24). The highest BCUT2D eigenvalue weighted by Gasteiger charge is 2.06. The molecule has 6 heteroatoms. The normalized spacial score (nSPS) is 10.3. The van der Waals surface area contributed by atoms with Crippen molar-refractivity contribution in [3.05, 3.63) is 59.1 Å². The van der Waals surface area contributed by atoms with E-state index in [4.69, 9.17) is 23.8 Å². The SMILES string of the molecule is CCCCc1ccc(NC(=S)NC(=O)CSc2ccc(Cl)cc2)cc1. The van der Waals surface area contributed by atoms with E-state index in [1.54, 1.807) is 12.1 Å². The van der Waals surface area contributed by atoms with Crippen molar-refractivity contribution in [2.75, 3.05) is 11.1 Å². The number of aryl methyl sites for hydroxylation is 1. The maximum Gasteiger partial charge on any atom is 0.236 e. The fourth-order valence-corrected chi connectivity index (χ4v) is 3.20. The minimum absolute atomic E-state index is 0.142. The van der Waals surface area contributed by atoms with Crippen LogP contribution in [0.4, 0.5) is 5.69 Å². The van der Waals surface area contributed by atoms with Crippen molar-refractivity contribution in [1.82, 2.24) is 5.32 Å². The van der Waals surface area contributed by atoms with E-state index in [1.807, 2.05) is 24.3 Å². The minimum atomic E-state index is -0.142. The molecular formula is C19H21ClN2OS2. The summed E-state index contributed by atoms with van der Waals surface area (Å²) >= 11 is 12.5. The van der Waals surface area contributed by atoms with Crippen LogP contribution >= 0.6 is 35.6 Å². The third-order valence-corrected chi connectivity index (χ3v) is 4.94. The Kier molecular flexibility index (Phi) is 8.25. The molecule has 0 aliphatic carbocycles. The van der Waals surface area contributed by atoms with Crippen LogP contribution in [-0.2, 0) is 11.2 Å². The molecule has 3 nitrogen and oxygen atoms in total. The molecule has 2 N–H and O–H groups in total. The number of hydrogen-bond acceptors (Lipinski definition) is 3. The number of halogens is 1. The van der Waals surface area contributed by atoms with E-state index in [0.717, 1.165) is 17.0 Å². The molecule has 0 saturated heterocycles. The van der Waals surface area contributed by atoms with Gasteiger partial charge in [-0.15, -0.1) is 11.8 Å². The Morgan fingerprint density at radius 2 is 1.80 bits per heavy atom. The number of anilines is 1. The van der Waals surface area contributed by atoms with Gasteiger partial charge in [-0.05, 0) is 67.0 Å². The first-order valence-corrected chi connectivity index (χ1v) is 9.92. The summed E-state index contributed by atoms with van der Waals surface area (Å²) in [6, 6.07) is 15.5. The highest BCUT2D eigenvalue weighted by atomic mass is 35.5. The van der Waals surface area contributed by atoms with Gasteiger partial charge in [-0.2, -0.15) is 0 Å². The van der Waals surface area contributed by atoms with Crippen LogP contribution in [0.3, 0.4) is 0 Å². The number of thioether (sulfide) groups is 1. The fraction of sp³-hybridized carbons (Fsp3) is 0.263. The van der Waals surface area contributed by atoms with Crippen LogP contribution in [0.1, 0.15) is 25.3 Å². The van der Waals surface area contributed by atoms with Crippen molar-refractivity contribution < 1.29 is 4.79 Å². The lowest BCUT2D eigenvalue weighted by molar-refractivity contribution is -0.117. The lowest BCUT2D eigenvalue weighted by Gasteiger charge is -2.10. The van der Waals surface area contributed by atoms with Gasteiger partial charge >= 0.3 is 0 Å². The Bertz CT molecular complexity index is 702. The number of rotatable bonds is 7. The van der Waals surface area contributed by atoms with Gasteiger partial charge < -0.3 is 10.6 Å². The number of nitrogens with one attached hydrogen (secondary N) is 2. The van der Waals surface area contributed by atoms with Crippen LogP contribution in [-0.4, -0.2) is 16.8 Å². The third-order valence-electron chi connectivity index (χ3n) is 3.47. The Labute approximate surface area is 163 Å². The van der Waals surface area contributed by atoms with E-state index in [1.165, 1.54) is 30.2 Å². The fourth-order valence-electron chi connectivity index (χ4n) is 2.14. The van der Waals surface area contributed by atoms with Gasteiger partial charge in [0.25, 0.3) is 0 Å². The van der Waals surface area contributed by atoms with E-state index >= 15 is 0 Å². The van der Waals surface area contributed by atoms with Crippen molar-refractivity contribution in [2.45, 2.75) is 31.1 Å². The predicted molar refractivity (Wildman–Crippen MR) is 112 cm³/mol. The lowest BCUT2D eigenvalue weighted by Crippen LogP contribution is -2.35. The maximum atomic E-state index is 12.0. The van der Waals surface area contributed by atoms with Gasteiger partial charge in [-0.1, -0.05) is 37.1 Å². The largest absolute Gasteiger partial charge is 0.332 e. The number of benzene rings is 2. The topological polar surface area (TPSA) is 41.1 Å². The van der Waals surface area contributed by atoms with E-state index in [-0.39, 0.29) is 5.91 Å². The van der Waals surface area contributed by atoms with Crippen LogP contribution in [0.25, 0.3) is 0 Å². The molecule has 25 heavy (non-hydrogen) atoms. The van der Waals surface area contributed by atoms with E-state index < -0.39 is 0 Å². The summed E-state index contributed by atoms with van der Waals surface area (Å²) in [6.45, 7) is 2.18. The number of carbonyl (C=O) groups is 1. The molecule has 2 aromatic rings. The van der Waals surface area contributed by atoms with Crippen LogP contribution in [0.5, 0.6) is 0 Å². The second-order valence-corrected chi connectivity index (χ2v) is 7.44. The van der Waals surface area contributed by atoms with Crippen molar-refractivity contribution in [1.29, 1.82) is 0 Å². The smallest absolute Gasteiger partial charge is 0.236 e. The first-order valence-electron chi connectivity index (χ1n) is 8.15. The van der Waals surface area contributed by atoms with Gasteiger partial charge in [-0.3, -0.25) is 4.79 Å². The van der Waals surface area contributed by atoms with Crippen LogP contribution < -0.4 is 10.6 Å². The molecule has 0 heterocycles. The van der Waals surface area contributed by atoms with Gasteiger partial charge in [0.05, 0.1) is 5.75 Å². The Morgan fingerprint density at radius 3 is 2.44 bits per heavy atom. The molecule has 1 amide bonds. The number of amides is 1. The zero-order valence-electron chi connectivity index (χ0n) is 14.0. The average molecular weight is 393 g/mol. The van der Waals surface area contributed by atoms with Gasteiger partial charge in [0, 0.05) is 15.6 Å². The summed E-state index contributed by atoms with van der Waals surface area (Å²) < 4.78 is 0. The second-order valence-electron chi connectivity index (χ2n) is 5.55. The molecule has 0 fully saturated rings. The van der Waals surface area contributed by atoms with Crippen LogP contribution in [0.2, 0.25) is 5.02 Å². The summed E-state index contributed by atoms with van der Waals surface area (Å²) in [4.78, 5) is 13.0. The summed E-state index contributed by atoms with van der Waals surface area (Å²) in [5.41, 5.74) is 2.18. The maximum absolute atomic E-state index is 12.0. The molecule has 0 radical (unpaired) electrons. The van der Waals surface area contributed by atoms with Crippen molar-refractivity contribution in [2.24, 2.45) is 0 Å². The average Bonchev–Trinajstić information content (AvgIpc) is 2.60. The molecule has 0 bridgehead atoms. The molecule has 2 rings (SSSR count). The number of hydrogen-bond donors (Lipinski definition) is 2. The van der Waals surface area contributed by atoms with E-state index in [9.17, 15) is 4.79 Å². The molecule has 0 unspecified atom stereocenters. The van der Waals surface area contributed by atoms with Gasteiger partial charge in [-0.25, -0.2) is 0 Å². The summed E-state index contributed by atoms with van der Waals surface area (Å²) in [6.07, 6.45) is 3.45. The number of carbonyl (C=O) groups excluding carboxylic acids is 1. The van der Waals surface area contributed by atoms with Gasteiger partial charge in [0.1, 0.15) is 0 Å². The summed E-state index contributed by atoms with van der Waals surface area (Å²) in [5, 5.41) is 6.72. The zero-order valence-corrected chi connectivity index (χ0v) is 16.4. The lowest BCUT2D eigenvalue weighted by atomic mass is 10.1. The van der Waals surface area contributed by atoms with E-state index in [2.05, 4.69) is 29.7 Å². The number of unbranched alkanes of at least 4 members (excludes halogenated alkanes) is 1. The van der Waals surface area contributed by atoms with Crippen LogP contribution in [0.15, 0.2) is 53.4 Å². The molecular weight excluding hydrogens is 372 g/mol. The number of thiocarbonyl (C=S) groups is 1. The highest BCUT2D eigenvalue weighted by Crippen LogP contribution is 2.20. The molecule has 0 spiro atoms. The predicted octanol–water partition coefficient (Wildman–Crippen LogP) is 5.29. The first kappa shape index (κ1) is 19.8. The quantitative estimate of drug-likeness (QED) is 0.496. The van der Waals surface area contributed by atoms with Crippen LogP contribution in [0, 0.1) is 0 Å². The van der Waals surface area contributed by atoms with Gasteiger partial charge in [0.15, 0.2) is 5.11 Å². The Balaban J connectivity index is 1.75. The first-order chi connectivity index (χ1) is 12.1. The zero-order chi connectivity index (χ0) is 18.1. The third kappa shape index (κ3) is 7.46. The molecule has 2 aromatic carbocycles. The molecule has 0 atom stereocenters. The Morgan fingerprint density at radius 1 is 1.12 bits per heavy atom. The summed E-state index contributed by atoms with van der Waals surface area (Å²) in [7, 11) is 0. The van der Waals surface area contributed by atoms with Crippen molar-refractivity contribution in [3.63, 3.8) is 0 Å². The molecule has 0 aliphatic rings. The highest BCUT2D eigenvalue weighted by molar-refractivity contribution is 8.00. The van der Waals surface area contributed by atoms with E-state index in [0.29, 0.717) is 15.9 Å². The van der Waals surface area contributed by atoms with Crippen molar-refractivity contribution >= 4 is 52.3 Å². The minimum Gasteiger partial charge on any atom is -0.332 e. The second kappa shape index (κ2) is 10.4. The molecule has 0 saturated carbocycles. The van der Waals surface area contributed by atoms with Crippen molar-refractivity contribution in [3.8, 4) is 0 Å². The summed E-state index contributed by atoms with van der Waals surface area (Å²) in [5.74, 6) is 0.149. The molecule has 0 aromatic heterocycles. The monoisotopic (exact) mass is 392 g/mol. The van der Waals surface area contributed by atoms with Gasteiger partial charge in [0.2, 0.25) is 5.91 Å².